The van der Waals surface area contributed by atoms with Crippen LogP contribution in [0, 0.1) is 0 Å². The summed E-state index contributed by atoms with van der Waals surface area (Å²) in [6.07, 6.45) is 3.56. The minimum absolute atomic E-state index is 0.00932. The van der Waals surface area contributed by atoms with Crippen LogP contribution in [0.25, 0.3) is 11.3 Å². The Morgan fingerprint density at radius 2 is 1.69 bits per heavy atom. The van der Waals surface area contributed by atoms with Gasteiger partial charge in [0.15, 0.2) is 0 Å². The summed E-state index contributed by atoms with van der Waals surface area (Å²) in [6.45, 7) is 0.883. The molecule has 32 heavy (non-hydrogen) atoms. The molecule has 2 aromatic carbocycles. The molecule has 0 bridgehead atoms. The lowest BCUT2D eigenvalue weighted by Crippen LogP contribution is -2.33. The summed E-state index contributed by atoms with van der Waals surface area (Å²) in [5.74, 6) is -0.156. The van der Waals surface area contributed by atoms with Gasteiger partial charge >= 0.3 is 0 Å². The predicted molar refractivity (Wildman–Crippen MR) is 125 cm³/mol. The first-order chi connectivity index (χ1) is 15.5. The molecule has 0 aliphatic heterocycles. The Balaban J connectivity index is 1.59. The first-order valence-corrected chi connectivity index (χ1v) is 10.6. The topological polar surface area (TPSA) is 60.1 Å². The molecule has 0 saturated heterocycles. The van der Waals surface area contributed by atoms with Gasteiger partial charge in [-0.25, -0.2) is 0 Å². The fourth-order valence-electron chi connectivity index (χ4n) is 3.50. The Kier molecular flexibility index (Phi) is 6.52. The van der Waals surface area contributed by atoms with Gasteiger partial charge in [-0.1, -0.05) is 66.2 Å². The van der Waals surface area contributed by atoms with Crippen LogP contribution in [0.1, 0.15) is 11.1 Å². The van der Waals surface area contributed by atoms with Gasteiger partial charge in [-0.05, 0) is 17.7 Å². The van der Waals surface area contributed by atoms with Crippen molar-refractivity contribution in [3.8, 4) is 11.3 Å². The maximum absolute atomic E-state index is 12.8. The van der Waals surface area contributed by atoms with E-state index in [0.29, 0.717) is 18.1 Å². The number of hydrogen-bond acceptors (Lipinski definition) is 3. The fourth-order valence-corrected chi connectivity index (χ4v) is 3.70. The quantitative estimate of drug-likeness (QED) is 0.430. The second-order valence-electron chi connectivity index (χ2n) is 7.57. The number of amides is 1. The third-order valence-electron chi connectivity index (χ3n) is 5.21. The summed E-state index contributed by atoms with van der Waals surface area (Å²) in [5, 5.41) is 5.48. The highest BCUT2D eigenvalue weighted by molar-refractivity contribution is 6.31. The van der Waals surface area contributed by atoms with Gasteiger partial charge in [0.25, 0.3) is 5.56 Å². The number of halogens is 1. The first kappa shape index (κ1) is 21.6. The molecule has 2 aromatic heterocycles. The van der Waals surface area contributed by atoms with Gasteiger partial charge in [0, 0.05) is 48.2 Å². The SMILES string of the molecule is CN(Cc1cn(Cc2ccccc2Cl)nc1-c1ccccc1)C(=O)Cn1ccccc1=O. The second-order valence-corrected chi connectivity index (χ2v) is 7.98. The molecular weight excluding hydrogens is 424 g/mol. The van der Waals surface area contributed by atoms with E-state index in [0.717, 1.165) is 22.4 Å². The monoisotopic (exact) mass is 446 g/mol. The average Bonchev–Trinajstić information content (AvgIpc) is 3.19. The second kappa shape index (κ2) is 9.66. The molecule has 0 spiro atoms. The molecule has 6 nitrogen and oxygen atoms in total. The van der Waals surface area contributed by atoms with E-state index in [2.05, 4.69) is 0 Å². The van der Waals surface area contributed by atoms with E-state index in [1.165, 1.54) is 10.6 Å². The summed E-state index contributed by atoms with van der Waals surface area (Å²) in [7, 11) is 1.73. The minimum atomic E-state index is -0.202. The van der Waals surface area contributed by atoms with Crippen molar-refractivity contribution >= 4 is 17.5 Å². The third-order valence-corrected chi connectivity index (χ3v) is 5.58. The van der Waals surface area contributed by atoms with Gasteiger partial charge in [0.1, 0.15) is 6.54 Å². The lowest BCUT2D eigenvalue weighted by Gasteiger charge is -2.17. The maximum atomic E-state index is 12.8. The highest BCUT2D eigenvalue weighted by atomic mass is 35.5. The Morgan fingerprint density at radius 1 is 0.969 bits per heavy atom. The van der Waals surface area contributed by atoms with Crippen LogP contribution in [0.15, 0.2) is 90.0 Å². The van der Waals surface area contributed by atoms with Gasteiger partial charge in [0.05, 0.1) is 12.2 Å². The van der Waals surface area contributed by atoms with E-state index in [4.69, 9.17) is 16.7 Å². The van der Waals surface area contributed by atoms with Gasteiger partial charge < -0.3 is 9.47 Å². The number of benzene rings is 2. The molecule has 4 aromatic rings. The van der Waals surface area contributed by atoms with Crippen molar-refractivity contribution in [1.29, 1.82) is 0 Å². The fraction of sp³-hybridized carbons (Fsp3) is 0.160. The van der Waals surface area contributed by atoms with Crippen LogP contribution in [-0.4, -0.2) is 32.2 Å². The average molecular weight is 447 g/mol. The van der Waals surface area contributed by atoms with E-state index in [1.54, 1.807) is 30.3 Å². The van der Waals surface area contributed by atoms with E-state index in [9.17, 15) is 9.59 Å². The molecule has 0 N–H and O–H groups in total. The summed E-state index contributed by atoms with van der Waals surface area (Å²) in [5.41, 5.74) is 3.47. The molecule has 0 fully saturated rings. The van der Waals surface area contributed by atoms with Crippen molar-refractivity contribution in [2.45, 2.75) is 19.6 Å². The lowest BCUT2D eigenvalue weighted by atomic mass is 10.1. The summed E-state index contributed by atoms with van der Waals surface area (Å²) < 4.78 is 3.25. The number of likely N-dealkylation sites (N-methyl/N-ethyl adjacent to an activating group) is 1. The van der Waals surface area contributed by atoms with Crippen LogP contribution in [0.4, 0.5) is 0 Å². The number of pyridine rings is 1. The zero-order chi connectivity index (χ0) is 22.5. The molecule has 0 saturated carbocycles. The number of aromatic nitrogens is 3. The summed E-state index contributed by atoms with van der Waals surface area (Å²) in [4.78, 5) is 26.3. The highest BCUT2D eigenvalue weighted by Gasteiger charge is 2.17. The number of rotatable bonds is 7. The third kappa shape index (κ3) is 4.98. The molecule has 162 valence electrons. The molecule has 0 aliphatic rings. The molecule has 1 amide bonds. The Bertz CT molecular complexity index is 1280. The van der Waals surface area contributed by atoms with Crippen LogP contribution in [0.2, 0.25) is 5.02 Å². The highest BCUT2D eigenvalue weighted by Crippen LogP contribution is 2.24. The van der Waals surface area contributed by atoms with Crippen molar-refractivity contribution < 1.29 is 4.79 Å². The van der Waals surface area contributed by atoms with Crippen molar-refractivity contribution in [1.82, 2.24) is 19.2 Å². The molecule has 0 aliphatic carbocycles. The maximum Gasteiger partial charge on any atom is 0.250 e. The predicted octanol–water partition coefficient (Wildman–Crippen LogP) is 4.07. The number of hydrogen-bond donors (Lipinski definition) is 0. The van der Waals surface area contributed by atoms with E-state index in [1.807, 2.05) is 65.5 Å². The van der Waals surface area contributed by atoms with E-state index in [-0.39, 0.29) is 18.0 Å². The minimum Gasteiger partial charge on any atom is -0.340 e. The van der Waals surface area contributed by atoms with Gasteiger partial charge in [0.2, 0.25) is 5.91 Å². The lowest BCUT2D eigenvalue weighted by molar-refractivity contribution is -0.131. The zero-order valence-corrected chi connectivity index (χ0v) is 18.4. The molecule has 2 heterocycles. The molecular formula is C25H23ClN4O2. The summed E-state index contributed by atoms with van der Waals surface area (Å²) >= 11 is 6.33. The Hall–Kier alpha value is -3.64. The van der Waals surface area contributed by atoms with Crippen molar-refractivity contribution in [3.05, 3.63) is 112 Å². The van der Waals surface area contributed by atoms with Crippen LogP contribution in [-0.2, 0) is 24.4 Å². The van der Waals surface area contributed by atoms with Gasteiger partial charge in [-0.15, -0.1) is 0 Å². The standard InChI is InChI=1S/C25H23ClN4O2/c1-28(24(32)18-29-14-8-7-13-23(29)31)15-21-17-30(16-20-11-5-6-12-22(20)26)27-25(21)19-9-3-2-4-10-19/h2-14,17H,15-16,18H2,1H3. The molecule has 7 heteroatoms. The van der Waals surface area contributed by atoms with Crippen molar-refractivity contribution in [2.75, 3.05) is 7.05 Å². The smallest absolute Gasteiger partial charge is 0.250 e. The number of nitrogens with zero attached hydrogens (tertiary/aromatic N) is 4. The van der Waals surface area contributed by atoms with Gasteiger partial charge in [-0.3, -0.25) is 14.3 Å². The first-order valence-electron chi connectivity index (χ1n) is 10.3. The Morgan fingerprint density at radius 3 is 2.44 bits per heavy atom. The molecule has 0 atom stereocenters. The Labute approximate surface area is 191 Å². The van der Waals surface area contributed by atoms with Crippen LogP contribution in [0.5, 0.6) is 0 Å². The van der Waals surface area contributed by atoms with Crippen LogP contribution >= 0.6 is 11.6 Å². The normalized spacial score (nSPS) is 10.8. The molecule has 4 rings (SSSR count). The van der Waals surface area contributed by atoms with Crippen LogP contribution < -0.4 is 5.56 Å². The molecule has 0 unspecified atom stereocenters. The van der Waals surface area contributed by atoms with E-state index < -0.39 is 0 Å². The van der Waals surface area contributed by atoms with Crippen LogP contribution in [0.3, 0.4) is 0 Å². The number of carbonyl (C=O) groups is 1. The molecule has 0 radical (unpaired) electrons. The van der Waals surface area contributed by atoms with E-state index >= 15 is 0 Å². The summed E-state index contributed by atoms with van der Waals surface area (Å²) in [6, 6.07) is 22.4. The van der Waals surface area contributed by atoms with Crippen molar-refractivity contribution in [3.63, 3.8) is 0 Å². The van der Waals surface area contributed by atoms with Gasteiger partial charge in [-0.2, -0.15) is 5.10 Å². The van der Waals surface area contributed by atoms with Crippen molar-refractivity contribution in [2.24, 2.45) is 0 Å². The zero-order valence-electron chi connectivity index (χ0n) is 17.7. The largest absolute Gasteiger partial charge is 0.340 e. The number of carbonyl (C=O) groups excluding carboxylic acids is 1.